The SMILES string of the molecule is CC1(CO)Nc2c(cnc3[nH]cc(C(=O)c4ccc(Oc5ncccc5C(F)(F)F)cc4Cl)c23)NC1=O. The highest BCUT2D eigenvalue weighted by Crippen LogP contribution is 2.40. The molecule has 0 bridgehead atoms. The third-order valence-corrected chi connectivity index (χ3v) is 6.20. The molecule has 190 valence electrons. The lowest BCUT2D eigenvalue weighted by atomic mass is 9.96. The molecule has 1 unspecified atom stereocenters. The minimum atomic E-state index is -4.68. The minimum absolute atomic E-state index is 0.0492. The normalized spacial score (nSPS) is 17.2. The summed E-state index contributed by atoms with van der Waals surface area (Å²) in [4.78, 5) is 36.6. The van der Waals surface area contributed by atoms with Gasteiger partial charge in [0.05, 0.1) is 40.2 Å². The third-order valence-electron chi connectivity index (χ3n) is 5.89. The number of nitrogens with zero attached hydrogens (tertiary/aromatic N) is 2. The second kappa shape index (κ2) is 8.75. The summed E-state index contributed by atoms with van der Waals surface area (Å²) in [7, 11) is 0. The summed E-state index contributed by atoms with van der Waals surface area (Å²) < 4.78 is 45.1. The molecular weight excluding hydrogens is 515 g/mol. The molecule has 0 saturated heterocycles. The van der Waals surface area contributed by atoms with Crippen LogP contribution in [-0.2, 0) is 11.0 Å². The summed E-state index contributed by atoms with van der Waals surface area (Å²) in [5.41, 5.74) is -1.12. The van der Waals surface area contributed by atoms with Gasteiger partial charge in [0, 0.05) is 24.0 Å². The highest BCUT2D eigenvalue weighted by Gasteiger charge is 2.39. The molecule has 1 aliphatic rings. The van der Waals surface area contributed by atoms with Gasteiger partial charge in [-0.25, -0.2) is 9.97 Å². The Bertz CT molecular complexity index is 1570. The number of ketones is 1. The van der Waals surface area contributed by atoms with Gasteiger partial charge in [0.2, 0.25) is 5.88 Å². The first-order valence-corrected chi connectivity index (χ1v) is 11.1. The Morgan fingerprint density at radius 3 is 2.70 bits per heavy atom. The number of anilines is 2. The van der Waals surface area contributed by atoms with Gasteiger partial charge < -0.3 is 25.5 Å². The number of amides is 1. The smallest absolute Gasteiger partial charge is 0.421 e. The quantitative estimate of drug-likeness (QED) is 0.273. The monoisotopic (exact) mass is 531 g/mol. The van der Waals surface area contributed by atoms with Crippen LogP contribution in [0.2, 0.25) is 5.02 Å². The largest absolute Gasteiger partial charge is 0.438 e. The molecule has 9 nitrogen and oxygen atoms in total. The average Bonchev–Trinajstić information content (AvgIpc) is 3.29. The fourth-order valence-electron chi connectivity index (χ4n) is 3.89. The number of aliphatic hydroxyl groups is 1. The Kier molecular flexibility index (Phi) is 5.80. The Labute approximate surface area is 211 Å². The van der Waals surface area contributed by atoms with E-state index >= 15 is 0 Å². The van der Waals surface area contributed by atoms with E-state index in [1.54, 1.807) is 0 Å². The van der Waals surface area contributed by atoms with Crippen molar-refractivity contribution in [3.63, 3.8) is 0 Å². The molecule has 0 saturated carbocycles. The molecule has 0 aliphatic carbocycles. The summed E-state index contributed by atoms with van der Waals surface area (Å²) in [6, 6.07) is 5.82. The van der Waals surface area contributed by atoms with Crippen LogP contribution in [-0.4, -0.2) is 43.9 Å². The van der Waals surface area contributed by atoms with Crippen molar-refractivity contribution in [2.24, 2.45) is 0 Å². The number of fused-ring (bicyclic) bond motifs is 3. The van der Waals surface area contributed by atoms with Crippen molar-refractivity contribution < 1.29 is 32.6 Å². The molecule has 4 aromatic rings. The summed E-state index contributed by atoms with van der Waals surface area (Å²) in [6.45, 7) is 1.00. The van der Waals surface area contributed by atoms with Crippen molar-refractivity contribution in [1.82, 2.24) is 15.0 Å². The topological polar surface area (TPSA) is 129 Å². The Balaban J connectivity index is 1.51. The van der Waals surface area contributed by atoms with E-state index in [-0.39, 0.29) is 21.9 Å². The summed E-state index contributed by atoms with van der Waals surface area (Å²) in [5.74, 6) is -1.69. The lowest BCUT2D eigenvalue weighted by Gasteiger charge is -2.34. The fraction of sp³-hybridized carbons (Fsp3) is 0.167. The van der Waals surface area contributed by atoms with Gasteiger partial charge in [-0.3, -0.25) is 9.59 Å². The second-order valence-electron chi connectivity index (χ2n) is 8.47. The zero-order valence-electron chi connectivity index (χ0n) is 18.9. The van der Waals surface area contributed by atoms with Gasteiger partial charge in [0.1, 0.15) is 22.5 Å². The third kappa shape index (κ3) is 4.23. The number of ether oxygens (including phenoxy) is 1. The molecular formula is C24H17ClF3N5O4. The fourth-order valence-corrected chi connectivity index (χ4v) is 4.15. The highest BCUT2D eigenvalue weighted by molar-refractivity contribution is 6.36. The van der Waals surface area contributed by atoms with Crippen LogP contribution in [0.25, 0.3) is 11.0 Å². The van der Waals surface area contributed by atoms with E-state index in [0.717, 1.165) is 18.3 Å². The molecule has 5 rings (SSSR count). The molecule has 0 fully saturated rings. The number of aromatic nitrogens is 3. The maximum atomic E-state index is 13.5. The van der Waals surface area contributed by atoms with Crippen LogP contribution in [0.3, 0.4) is 0 Å². The first-order valence-electron chi connectivity index (χ1n) is 10.8. The molecule has 1 atom stereocenters. The molecule has 4 N–H and O–H groups in total. The predicted molar refractivity (Wildman–Crippen MR) is 128 cm³/mol. The molecule has 3 aromatic heterocycles. The average molecular weight is 532 g/mol. The number of halogens is 4. The van der Waals surface area contributed by atoms with E-state index in [1.165, 1.54) is 37.5 Å². The number of carbonyl (C=O) groups excluding carboxylic acids is 2. The van der Waals surface area contributed by atoms with Crippen molar-refractivity contribution in [3.8, 4) is 11.6 Å². The maximum absolute atomic E-state index is 13.5. The lowest BCUT2D eigenvalue weighted by Crippen LogP contribution is -2.53. The zero-order chi connectivity index (χ0) is 26.5. The maximum Gasteiger partial charge on any atom is 0.421 e. The van der Waals surface area contributed by atoms with Crippen LogP contribution < -0.4 is 15.4 Å². The van der Waals surface area contributed by atoms with Crippen LogP contribution in [0.15, 0.2) is 48.9 Å². The van der Waals surface area contributed by atoms with Gasteiger partial charge >= 0.3 is 6.18 Å². The summed E-state index contributed by atoms with van der Waals surface area (Å²) >= 11 is 6.34. The van der Waals surface area contributed by atoms with Crippen LogP contribution in [0.1, 0.15) is 28.4 Å². The number of pyridine rings is 2. The number of H-pyrrole nitrogens is 1. The molecule has 0 radical (unpaired) electrons. The first kappa shape index (κ1) is 24.5. The molecule has 1 aromatic carbocycles. The number of alkyl halides is 3. The molecule has 1 aliphatic heterocycles. The van der Waals surface area contributed by atoms with E-state index in [4.69, 9.17) is 16.3 Å². The Morgan fingerprint density at radius 2 is 2.00 bits per heavy atom. The molecule has 37 heavy (non-hydrogen) atoms. The minimum Gasteiger partial charge on any atom is -0.438 e. The molecule has 0 spiro atoms. The van der Waals surface area contributed by atoms with Crippen molar-refractivity contribution in [1.29, 1.82) is 0 Å². The van der Waals surface area contributed by atoms with Gasteiger partial charge in [-0.05, 0) is 31.2 Å². The number of rotatable bonds is 5. The number of carbonyl (C=O) groups is 2. The number of benzene rings is 1. The standard InChI is InChI=1S/C24H17ClF3N5O4/c1-23(10-34)22(36)32-16-9-31-20-17(18(16)33-23)13(8-30-20)19(35)12-5-4-11(7-15(12)25)37-21-14(24(26,27)28)3-2-6-29-21/h2-9,33-34H,10H2,1H3,(H,30,31)(H,32,36). The van der Waals surface area contributed by atoms with Gasteiger partial charge in [0.15, 0.2) is 5.78 Å². The Hall–Kier alpha value is -4.16. The van der Waals surface area contributed by atoms with Crippen molar-refractivity contribution in [2.75, 3.05) is 17.2 Å². The van der Waals surface area contributed by atoms with Gasteiger partial charge in [0.25, 0.3) is 5.91 Å². The number of nitrogens with one attached hydrogen (secondary N) is 3. The van der Waals surface area contributed by atoms with Crippen LogP contribution in [0, 0.1) is 0 Å². The number of hydrogen-bond donors (Lipinski definition) is 4. The van der Waals surface area contributed by atoms with Gasteiger partial charge in [-0.2, -0.15) is 13.2 Å². The number of aliphatic hydroxyl groups excluding tert-OH is 1. The summed E-state index contributed by atoms with van der Waals surface area (Å²) in [6.07, 6.45) is -0.672. The zero-order valence-corrected chi connectivity index (χ0v) is 19.7. The molecule has 4 heterocycles. The van der Waals surface area contributed by atoms with Crippen molar-refractivity contribution in [2.45, 2.75) is 18.6 Å². The highest BCUT2D eigenvalue weighted by atomic mass is 35.5. The van der Waals surface area contributed by atoms with Crippen LogP contribution in [0.5, 0.6) is 11.6 Å². The lowest BCUT2D eigenvalue weighted by molar-refractivity contribution is -0.138. The predicted octanol–water partition coefficient (Wildman–Crippen LogP) is 4.77. The summed E-state index contributed by atoms with van der Waals surface area (Å²) in [5, 5.41) is 15.7. The van der Waals surface area contributed by atoms with E-state index in [0.29, 0.717) is 22.4 Å². The first-order chi connectivity index (χ1) is 17.5. The number of hydrogen-bond acceptors (Lipinski definition) is 7. The van der Waals surface area contributed by atoms with E-state index < -0.39 is 41.5 Å². The molecule has 13 heteroatoms. The van der Waals surface area contributed by atoms with E-state index in [2.05, 4.69) is 25.6 Å². The van der Waals surface area contributed by atoms with Crippen LogP contribution >= 0.6 is 11.6 Å². The van der Waals surface area contributed by atoms with E-state index in [9.17, 15) is 27.9 Å². The van der Waals surface area contributed by atoms with Crippen molar-refractivity contribution in [3.05, 3.63) is 70.6 Å². The van der Waals surface area contributed by atoms with Crippen molar-refractivity contribution >= 4 is 45.7 Å². The van der Waals surface area contributed by atoms with Gasteiger partial charge in [-0.15, -0.1) is 0 Å². The van der Waals surface area contributed by atoms with E-state index in [1.807, 2.05) is 0 Å². The second-order valence-corrected chi connectivity index (χ2v) is 8.88. The Morgan fingerprint density at radius 1 is 1.22 bits per heavy atom. The molecule has 1 amide bonds. The number of aromatic amines is 1. The van der Waals surface area contributed by atoms with Crippen LogP contribution in [0.4, 0.5) is 24.5 Å². The van der Waals surface area contributed by atoms with Gasteiger partial charge in [-0.1, -0.05) is 11.6 Å².